The number of anilines is 1. The number of rotatable bonds is 7. The monoisotopic (exact) mass is 430 g/mol. The summed E-state index contributed by atoms with van der Waals surface area (Å²) in [5.41, 5.74) is 2.12. The Balaban J connectivity index is 1.58. The van der Waals surface area contributed by atoms with Crippen molar-refractivity contribution < 1.29 is 18.1 Å². The van der Waals surface area contributed by atoms with E-state index in [1.807, 2.05) is 6.92 Å². The molecule has 10 heteroatoms. The first-order chi connectivity index (χ1) is 14.8. The van der Waals surface area contributed by atoms with Gasteiger partial charge in [0.05, 0.1) is 18.7 Å². The Morgan fingerprint density at radius 1 is 1.35 bits per heavy atom. The SMILES string of the molecule is CCCc1cc(NC(=O)C(c2ccc(-c3nnn(C)n3)cc2)C2CCC(F)(F)C2)on1. The Hall–Kier alpha value is -3.17. The topological polar surface area (TPSA) is 98.7 Å². The maximum atomic E-state index is 14.0. The lowest BCUT2D eigenvalue weighted by Gasteiger charge is -2.23. The molecule has 1 amide bonds. The lowest BCUT2D eigenvalue weighted by Crippen LogP contribution is -2.27. The first kappa shape index (κ1) is 21.1. The lowest BCUT2D eigenvalue weighted by atomic mass is 9.83. The average Bonchev–Trinajstić information content (AvgIpc) is 3.44. The summed E-state index contributed by atoms with van der Waals surface area (Å²) in [6.07, 6.45) is 1.36. The van der Waals surface area contributed by atoms with Crippen LogP contribution in [0.4, 0.5) is 14.7 Å². The first-order valence-corrected chi connectivity index (χ1v) is 10.3. The third-order valence-electron chi connectivity index (χ3n) is 5.54. The van der Waals surface area contributed by atoms with E-state index in [0.29, 0.717) is 11.4 Å². The van der Waals surface area contributed by atoms with Crippen LogP contribution in [0.25, 0.3) is 11.4 Å². The smallest absolute Gasteiger partial charge is 0.248 e. The van der Waals surface area contributed by atoms with Crippen LogP contribution in [0.2, 0.25) is 0 Å². The van der Waals surface area contributed by atoms with Gasteiger partial charge < -0.3 is 4.52 Å². The quantitative estimate of drug-likeness (QED) is 0.609. The van der Waals surface area contributed by atoms with Crippen LogP contribution >= 0.6 is 0 Å². The summed E-state index contributed by atoms with van der Waals surface area (Å²) in [6, 6.07) is 8.73. The van der Waals surface area contributed by atoms with Crippen molar-refractivity contribution in [2.45, 2.75) is 50.9 Å². The van der Waals surface area contributed by atoms with Gasteiger partial charge in [-0.3, -0.25) is 10.1 Å². The minimum Gasteiger partial charge on any atom is -0.338 e. The van der Waals surface area contributed by atoms with E-state index in [1.54, 1.807) is 37.4 Å². The van der Waals surface area contributed by atoms with E-state index in [1.165, 1.54) is 4.80 Å². The molecule has 4 rings (SSSR count). The van der Waals surface area contributed by atoms with Gasteiger partial charge in [0.1, 0.15) is 0 Å². The molecule has 3 aromatic rings. The third kappa shape index (κ3) is 4.78. The molecule has 1 N–H and O–H groups in total. The zero-order chi connectivity index (χ0) is 22.0. The van der Waals surface area contributed by atoms with Crippen LogP contribution in [0.15, 0.2) is 34.9 Å². The number of halogens is 2. The van der Waals surface area contributed by atoms with Crippen LogP contribution in [-0.2, 0) is 18.3 Å². The van der Waals surface area contributed by atoms with E-state index in [-0.39, 0.29) is 31.1 Å². The van der Waals surface area contributed by atoms with Crippen molar-refractivity contribution in [3.63, 3.8) is 0 Å². The van der Waals surface area contributed by atoms with Crippen LogP contribution < -0.4 is 5.32 Å². The van der Waals surface area contributed by atoms with Crippen molar-refractivity contribution in [3.8, 4) is 11.4 Å². The molecule has 2 heterocycles. The molecule has 1 aliphatic rings. The number of carbonyl (C=O) groups is 1. The second-order valence-corrected chi connectivity index (χ2v) is 7.98. The summed E-state index contributed by atoms with van der Waals surface area (Å²) in [7, 11) is 1.67. The average molecular weight is 430 g/mol. The molecular weight excluding hydrogens is 406 g/mol. The van der Waals surface area contributed by atoms with Gasteiger partial charge in [-0.25, -0.2) is 8.78 Å². The van der Waals surface area contributed by atoms with Crippen molar-refractivity contribution in [1.82, 2.24) is 25.4 Å². The Bertz CT molecular complexity index is 1050. The zero-order valence-corrected chi connectivity index (χ0v) is 17.4. The predicted octanol–water partition coefficient (Wildman–Crippen LogP) is 3.98. The van der Waals surface area contributed by atoms with Gasteiger partial charge in [-0.05, 0) is 29.5 Å². The highest BCUT2D eigenvalue weighted by molar-refractivity contribution is 5.95. The van der Waals surface area contributed by atoms with E-state index >= 15 is 0 Å². The highest BCUT2D eigenvalue weighted by Crippen LogP contribution is 2.46. The number of benzene rings is 1. The number of carbonyl (C=O) groups excluding carboxylic acids is 1. The number of amides is 1. The number of hydrogen-bond acceptors (Lipinski definition) is 6. The van der Waals surface area contributed by atoms with Crippen LogP contribution in [0.3, 0.4) is 0 Å². The third-order valence-corrected chi connectivity index (χ3v) is 5.54. The molecule has 2 atom stereocenters. The maximum Gasteiger partial charge on any atom is 0.248 e. The number of nitrogens with one attached hydrogen (secondary N) is 1. The van der Waals surface area contributed by atoms with Crippen molar-refractivity contribution in [2.24, 2.45) is 13.0 Å². The van der Waals surface area contributed by atoms with E-state index in [0.717, 1.165) is 24.1 Å². The lowest BCUT2D eigenvalue weighted by molar-refractivity contribution is -0.119. The molecule has 1 fully saturated rings. The van der Waals surface area contributed by atoms with Gasteiger partial charge in [-0.2, -0.15) is 4.80 Å². The van der Waals surface area contributed by atoms with Gasteiger partial charge in [0, 0.05) is 24.5 Å². The van der Waals surface area contributed by atoms with Gasteiger partial charge in [-0.1, -0.05) is 42.8 Å². The van der Waals surface area contributed by atoms with E-state index in [2.05, 4.69) is 25.9 Å². The zero-order valence-electron chi connectivity index (χ0n) is 17.4. The Morgan fingerprint density at radius 3 is 2.74 bits per heavy atom. The summed E-state index contributed by atoms with van der Waals surface area (Å²) >= 11 is 0. The minimum absolute atomic E-state index is 0.216. The summed E-state index contributed by atoms with van der Waals surface area (Å²) in [4.78, 5) is 14.5. The predicted molar refractivity (Wildman–Crippen MR) is 108 cm³/mol. The largest absolute Gasteiger partial charge is 0.338 e. The molecule has 0 aliphatic heterocycles. The van der Waals surface area contributed by atoms with Crippen LogP contribution in [0.5, 0.6) is 0 Å². The molecular formula is C21H24F2N6O2. The number of aryl methyl sites for hydroxylation is 2. The first-order valence-electron chi connectivity index (χ1n) is 10.3. The highest BCUT2D eigenvalue weighted by Gasteiger charge is 2.45. The van der Waals surface area contributed by atoms with Gasteiger partial charge >= 0.3 is 0 Å². The molecule has 0 radical (unpaired) electrons. The number of aromatic nitrogens is 5. The molecule has 2 aromatic heterocycles. The van der Waals surface area contributed by atoms with E-state index in [4.69, 9.17) is 4.52 Å². The number of alkyl halides is 2. The Morgan fingerprint density at radius 2 is 2.13 bits per heavy atom. The van der Waals surface area contributed by atoms with Crippen molar-refractivity contribution in [1.29, 1.82) is 0 Å². The molecule has 1 aromatic carbocycles. The van der Waals surface area contributed by atoms with Crippen LogP contribution in [-0.4, -0.2) is 37.2 Å². The number of hydrogen-bond donors (Lipinski definition) is 1. The number of tetrazole rings is 1. The number of nitrogens with zero attached hydrogens (tertiary/aromatic N) is 5. The summed E-state index contributed by atoms with van der Waals surface area (Å²) in [5, 5.41) is 18.6. The molecule has 1 saturated carbocycles. The van der Waals surface area contributed by atoms with Gasteiger partial charge in [0.2, 0.25) is 23.5 Å². The Labute approximate surface area is 178 Å². The van der Waals surface area contributed by atoms with Crippen LogP contribution in [0.1, 0.15) is 49.8 Å². The molecule has 0 bridgehead atoms. The molecule has 2 unspecified atom stereocenters. The fourth-order valence-corrected chi connectivity index (χ4v) is 4.09. The second-order valence-electron chi connectivity index (χ2n) is 7.98. The molecule has 0 spiro atoms. The molecule has 0 saturated heterocycles. The summed E-state index contributed by atoms with van der Waals surface area (Å²) < 4.78 is 33.1. The maximum absolute atomic E-state index is 14.0. The Kier molecular flexibility index (Phi) is 5.79. The normalized spacial score (nSPS) is 18.8. The highest BCUT2D eigenvalue weighted by atomic mass is 19.3. The van der Waals surface area contributed by atoms with Gasteiger partial charge in [-0.15, -0.1) is 10.2 Å². The van der Waals surface area contributed by atoms with Gasteiger partial charge in [0.15, 0.2) is 0 Å². The standard InChI is InChI=1S/C21H24F2N6O2/c1-3-4-16-11-17(31-27-16)24-20(30)18(15-9-10-21(22,23)12-15)13-5-7-14(8-6-13)19-25-28-29(2)26-19/h5-8,11,15,18H,3-4,9-10,12H2,1-2H3,(H,24,30). The summed E-state index contributed by atoms with van der Waals surface area (Å²) in [6.45, 7) is 2.02. The van der Waals surface area contributed by atoms with Gasteiger partial charge in [0.25, 0.3) is 0 Å². The fraction of sp³-hybridized carbons (Fsp3) is 0.476. The minimum atomic E-state index is -2.76. The van der Waals surface area contributed by atoms with E-state index < -0.39 is 17.8 Å². The second kappa shape index (κ2) is 8.52. The molecule has 1 aliphatic carbocycles. The van der Waals surface area contributed by atoms with Crippen molar-refractivity contribution in [2.75, 3.05) is 5.32 Å². The van der Waals surface area contributed by atoms with Crippen molar-refractivity contribution >= 4 is 11.8 Å². The molecule has 31 heavy (non-hydrogen) atoms. The summed E-state index contributed by atoms with van der Waals surface area (Å²) in [5.74, 6) is -3.68. The van der Waals surface area contributed by atoms with Crippen molar-refractivity contribution in [3.05, 3.63) is 41.6 Å². The van der Waals surface area contributed by atoms with E-state index in [9.17, 15) is 13.6 Å². The molecule has 164 valence electrons. The molecule has 8 nitrogen and oxygen atoms in total. The fourth-order valence-electron chi connectivity index (χ4n) is 4.09. The van der Waals surface area contributed by atoms with Crippen LogP contribution in [0, 0.1) is 5.92 Å².